The van der Waals surface area contributed by atoms with Crippen molar-refractivity contribution in [1.29, 1.82) is 0 Å². The van der Waals surface area contributed by atoms with Gasteiger partial charge in [-0.2, -0.15) is 0 Å². The van der Waals surface area contributed by atoms with E-state index in [2.05, 4.69) is 45.1 Å². The van der Waals surface area contributed by atoms with Gasteiger partial charge >= 0.3 is 0 Å². The van der Waals surface area contributed by atoms with Gasteiger partial charge in [0, 0.05) is 6.04 Å². The van der Waals surface area contributed by atoms with Crippen LogP contribution in [0.3, 0.4) is 0 Å². The standard InChI is InChI=1S/C16H27NO2/c1-11(2)15(10-18)17-7-6-14-8-12(3)16(19-5)13(4)9-14/h8-9,11,15,17-18H,6-7,10H2,1-5H3. The highest BCUT2D eigenvalue weighted by molar-refractivity contribution is 5.43. The lowest BCUT2D eigenvalue weighted by Crippen LogP contribution is -2.38. The Morgan fingerprint density at radius 3 is 2.21 bits per heavy atom. The number of aliphatic hydroxyl groups excluding tert-OH is 1. The van der Waals surface area contributed by atoms with Crippen molar-refractivity contribution in [3.63, 3.8) is 0 Å². The Balaban J connectivity index is 2.59. The number of hydrogen-bond acceptors (Lipinski definition) is 3. The maximum atomic E-state index is 9.27. The molecule has 0 aromatic heterocycles. The molecule has 0 fully saturated rings. The Bertz CT molecular complexity index is 379. The van der Waals surface area contributed by atoms with Crippen molar-refractivity contribution in [2.45, 2.75) is 40.2 Å². The Hall–Kier alpha value is -1.06. The van der Waals surface area contributed by atoms with Crippen molar-refractivity contribution in [2.75, 3.05) is 20.3 Å². The molecule has 0 aliphatic rings. The molecule has 1 aromatic rings. The molecule has 0 amide bonds. The van der Waals surface area contributed by atoms with Gasteiger partial charge in [-0.3, -0.25) is 0 Å². The normalized spacial score (nSPS) is 12.8. The van der Waals surface area contributed by atoms with E-state index in [4.69, 9.17) is 4.74 Å². The number of aryl methyl sites for hydroxylation is 2. The van der Waals surface area contributed by atoms with Gasteiger partial charge in [-0.25, -0.2) is 0 Å². The molecule has 0 heterocycles. The molecule has 3 nitrogen and oxygen atoms in total. The first-order valence-electron chi connectivity index (χ1n) is 6.98. The molecule has 0 saturated carbocycles. The molecular weight excluding hydrogens is 238 g/mol. The van der Waals surface area contributed by atoms with E-state index >= 15 is 0 Å². The minimum absolute atomic E-state index is 0.181. The molecule has 0 aliphatic carbocycles. The fourth-order valence-electron chi connectivity index (χ4n) is 2.42. The zero-order valence-electron chi connectivity index (χ0n) is 12.8. The summed E-state index contributed by atoms with van der Waals surface area (Å²) in [6, 6.07) is 4.54. The Morgan fingerprint density at radius 1 is 1.21 bits per heavy atom. The van der Waals surface area contributed by atoms with Crippen molar-refractivity contribution in [1.82, 2.24) is 5.32 Å². The van der Waals surface area contributed by atoms with Crippen molar-refractivity contribution >= 4 is 0 Å². The number of ether oxygens (including phenoxy) is 1. The lowest BCUT2D eigenvalue weighted by Gasteiger charge is -2.20. The minimum Gasteiger partial charge on any atom is -0.496 e. The van der Waals surface area contributed by atoms with Crippen LogP contribution in [0.25, 0.3) is 0 Å². The van der Waals surface area contributed by atoms with E-state index in [1.807, 2.05) is 0 Å². The summed E-state index contributed by atoms with van der Waals surface area (Å²) in [5.74, 6) is 1.43. The smallest absolute Gasteiger partial charge is 0.124 e. The molecular formula is C16H27NO2. The van der Waals surface area contributed by atoms with Gasteiger partial charge in [0.2, 0.25) is 0 Å². The molecule has 1 rings (SSSR count). The molecule has 19 heavy (non-hydrogen) atoms. The molecule has 0 aliphatic heterocycles. The molecule has 2 N–H and O–H groups in total. The van der Waals surface area contributed by atoms with Crippen LogP contribution in [0.5, 0.6) is 5.75 Å². The molecule has 1 unspecified atom stereocenters. The number of methoxy groups -OCH3 is 1. The predicted octanol–water partition coefficient (Wildman–Crippen LogP) is 2.46. The van der Waals surface area contributed by atoms with Crippen LogP contribution in [-0.2, 0) is 6.42 Å². The summed E-state index contributed by atoms with van der Waals surface area (Å²) in [4.78, 5) is 0. The van der Waals surface area contributed by atoms with Gasteiger partial charge in [0.1, 0.15) is 5.75 Å². The van der Waals surface area contributed by atoms with Gasteiger partial charge in [0.15, 0.2) is 0 Å². The van der Waals surface area contributed by atoms with Crippen LogP contribution in [0, 0.1) is 19.8 Å². The molecule has 108 valence electrons. The van der Waals surface area contributed by atoms with Gasteiger partial charge in [-0.15, -0.1) is 0 Å². The fraction of sp³-hybridized carbons (Fsp3) is 0.625. The average molecular weight is 265 g/mol. The lowest BCUT2D eigenvalue weighted by atomic mass is 10.0. The minimum atomic E-state index is 0.181. The predicted molar refractivity (Wildman–Crippen MR) is 79.9 cm³/mol. The van der Waals surface area contributed by atoms with Gasteiger partial charge in [0.25, 0.3) is 0 Å². The monoisotopic (exact) mass is 265 g/mol. The first-order valence-corrected chi connectivity index (χ1v) is 6.98. The first kappa shape index (κ1) is 16.0. The van der Waals surface area contributed by atoms with E-state index in [0.29, 0.717) is 5.92 Å². The van der Waals surface area contributed by atoms with E-state index in [-0.39, 0.29) is 12.6 Å². The first-order chi connectivity index (χ1) is 8.99. The highest BCUT2D eigenvalue weighted by Gasteiger charge is 2.11. The third-order valence-electron chi connectivity index (χ3n) is 3.55. The van der Waals surface area contributed by atoms with Crippen molar-refractivity contribution in [3.05, 3.63) is 28.8 Å². The molecule has 1 atom stereocenters. The van der Waals surface area contributed by atoms with Crippen LogP contribution in [0.2, 0.25) is 0 Å². The second-order valence-electron chi connectivity index (χ2n) is 5.50. The summed E-state index contributed by atoms with van der Waals surface area (Å²) in [5, 5.41) is 12.7. The number of rotatable bonds is 7. The largest absolute Gasteiger partial charge is 0.496 e. The van der Waals surface area contributed by atoms with E-state index < -0.39 is 0 Å². The van der Waals surface area contributed by atoms with Crippen LogP contribution in [-0.4, -0.2) is 31.4 Å². The third kappa shape index (κ3) is 4.51. The zero-order chi connectivity index (χ0) is 14.4. The second kappa shape index (κ2) is 7.51. The Morgan fingerprint density at radius 2 is 1.79 bits per heavy atom. The van der Waals surface area contributed by atoms with E-state index in [1.165, 1.54) is 16.7 Å². The van der Waals surface area contributed by atoms with Crippen LogP contribution < -0.4 is 10.1 Å². The van der Waals surface area contributed by atoms with Crippen molar-refractivity contribution in [2.24, 2.45) is 5.92 Å². The lowest BCUT2D eigenvalue weighted by molar-refractivity contribution is 0.212. The summed E-state index contributed by atoms with van der Waals surface area (Å²) in [6.45, 7) is 9.47. The summed E-state index contributed by atoms with van der Waals surface area (Å²) >= 11 is 0. The molecule has 0 saturated heterocycles. The molecule has 3 heteroatoms. The van der Waals surface area contributed by atoms with Gasteiger partial charge in [-0.05, 0) is 49.4 Å². The van der Waals surface area contributed by atoms with Crippen molar-refractivity contribution in [3.8, 4) is 5.75 Å². The molecule has 0 bridgehead atoms. The Kier molecular flexibility index (Phi) is 6.32. The summed E-state index contributed by atoms with van der Waals surface area (Å²) < 4.78 is 5.37. The zero-order valence-corrected chi connectivity index (χ0v) is 12.8. The number of benzene rings is 1. The number of hydrogen-bond donors (Lipinski definition) is 2. The number of aliphatic hydroxyl groups is 1. The highest BCUT2D eigenvalue weighted by atomic mass is 16.5. The van der Waals surface area contributed by atoms with Gasteiger partial charge in [-0.1, -0.05) is 26.0 Å². The van der Waals surface area contributed by atoms with Crippen LogP contribution >= 0.6 is 0 Å². The van der Waals surface area contributed by atoms with Crippen LogP contribution in [0.15, 0.2) is 12.1 Å². The van der Waals surface area contributed by atoms with Gasteiger partial charge < -0.3 is 15.2 Å². The van der Waals surface area contributed by atoms with Crippen LogP contribution in [0.1, 0.15) is 30.5 Å². The highest BCUT2D eigenvalue weighted by Crippen LogP contribution is 2.24. The average Bonchev–Trinajstić information content (AvgIpc) is 2.34. The van der Waals surface area contributed by atoms with E-state index in [0.717, 1.165) is 18.7 Å². The Labute approximate surface area is 117 Å². The number of nitrogens with one attached hydrogen (secondary N) is 1. The third-order valence-corrected chi connectivity index (χ3v) is 3.55. The van der Waals surface area contributed by atoms with Gasteiger partial charge in [0.05, 0.1) is 13.7 Å². The molecule has 1 aromatic carbocycles. The quantitative estimate of drug-likeness (QED) is 0.796. The van der Waals surface area contributed by atoms with E-state index in [9.17, 15) is 5.11 Å². The van der Waals surface area contributed by atoms with E-state index in [1.54, 1.807) is 7.11 Å². The second-order valence-corrected chi connectivity index (χ2v) is 5.50. The van der Waals surface area contributed by atoms with Crippen molar-refractivity contribution < 1.29 is 9.84 Å². The summed E-state index contributed by atoms with van der Waals surface area (Å²) in [6.07, 6.45) is 0.967. The summed E-state index contributed by atoms with van der Waals surface area (Å²) in [5.41, 5.74) is 3.67. The molecule has 0 radical (unpaired) electrons. The SMILES string of the molecule is COc1c(C)cc(CCNC(CO)C(C)C)cc1C. The summed E-state index contributed by atoms with van der Waals surface area (Å²) in [7, 11) is 1.71. The fourth-order valence-corrected chi connectivity index (χ4v) is 2.42. The topological polar surface area (TPSA) is 41.5 Å². The van der Waals surface area contributed by atoms with Crippen LogP contribution in [0.4, 0.5) is 0 Å². The molecule has 0 spiro atoms. The maximum Gasteiger partial charge on any atom is 0.124 e. The maximum absolute atomic E-state index is 9.27.